The fourth-order valence-corrected chi connectivity index (χ4v) is 4.76. The number of nitrogens with one attached hydrogen (secondary N) is 2. The second-order valence-corrected chi connectivity index (χ2v) is 8.54. The van der Waals surface area contributed by atoms with Gasteiger partial charge >= 0.3 is 0 Å². The van der Waals surface area contributed by atoms with Crippen molar-refractivity contribution < 1.29 is 4.79 Å². The molecule has 4 N–H and O–H groups in total. The Bertz CT molecular complexity index is 1310. The Morgan fingerprint density at radius 1 is 1.29 bits per heavy atom. The molecule has 5 rings (SSSR count). The fraction of sp³-hybridized carbons (Fsp3) is 0.250. The van der Waals surface area contributed by atoms with E-state index < -0.39 is 0 Å². The normalized spacial score (nSPS) is 14.3. The average Bonchev–Trinajstić information content (AvgIpc) is 3.28. The SMILES string of the molecule is Cc1csc2c(-n3nc(Nc4ccc5c(c4)C(=O)CNCCC5)nc3N)nc(Cl)nc12. The molecule has 0 bridgehead atoms. The summed E-state index contributed by atoms with van der Waals surface area (Å²) in [4.78, 5) is 25.4. The largest absolute Gasteiger partial charge is 0.368 e. The van der Waals surface area contributed by atoms with E-state index in [-0.39, 0.29) is 17.0 Å². The molecule has 0 spiro atoms. The number of aromatic nitrogens is 5. The molecule has 31 heavy (non-hydrogen) atoms. The second kappa shape index (κ2) is 7.88. The van der Waals surface area contributed by atoms with Gasteiger partial charge in [-0.25, -0.2) is 4.98 Å². The number of hydrogen-bond donors (Lipinski definition) is 3. The highest BCUT2D eigenvalue weighted by Crippen LogP contribution is 2.31. The molecule has 1 aliphatic heterocycles. The average molecular weight is 455 g/mol. The van der Waals surface area contributed by atoms with Gasteiger partial charge in [0.05, 0.1) is 16.8 Å². The van der Waals surface area contributed by atoms with Gasteiger partial charge < -0.3 is 16.4 Å². The van der Waals surface area contributed by atoms with Crippen molar-refractivity contribution in [2.75, 3.05) is 24.1 Å². The van der Waals surface area contributed by atoms with Gasteiger partial charge in [0.25, 0.3) is 0 Å². The number of anilines is 3. The summed E-state index contributed by atoms with van der Waals surface area (Å²) in [6, 6.07) is 5.73. The van der Waals surface area contributed by atoms with Gasteiger partial charge in [-0.2, -0.15) is 14.6 Å². The Kier molecular flexibility index (Phi) is 5.05. The molecule has 3 aromatic heterocycles. The van der Waals surface area contributed by atoms with Crippen LogP contribution < -0.4 is 16.4 Å². The van der Waals surface area contributed by atoms with Gasteiger partial charge in [0.2, 0.25) is 17.2 Å². The van der Waals surface area contributed by atoms with Gasteiger partial charge in [0, 0.05) is 11.3 Å². The zero-order valence-electron chi connectivity index (χ0n) is 16.6. The highest BCUT2D eigenvalue weighted by molar-refractivity contribution is 7.17. The van der Waals surface area contributed by atoms with Gasteiger partial charge in [0.15, 0.2) is 11.6 Å². The fourth-order valence-electron chi connectivity index (χ4n) is 3.63. The Hall–Kier alpha value is -3.08. The van der Waals surface area contributed by atoms with Crippen molar-refractivity contribution in [2.45, 2.75) is 19.8 Å². The lowest BCUT2D eigenvalue weighted by Crippen LogP contribution is -2.27. The van der Waals surface area contributed by atoms with E-state index in [4.69, 9.17) is 17.3 Å². The number of carbonyl (C=O) groups is 1. The lowest BCUT2D eigenvalue weighted by Gasteiger charge is -2.15. The van der Waals surface area contributed by atoms with Crippen LogP contribution in [0, 0.1) is 6.92 Å². The number of nitrogens with two attached hydrogens (primary N) is 1. The third-order valence-corrected chi connectivity index (χ3v) is 6.38. The van der Waals surface area contributed by atoms with E-state index in [2.05, 4.69) is 30.7 Å². The summed E-state index contributed by atoms with van der Waals surface area (Å²) < 4.78 is 2.26. The molecule has 11 heteroatoms. The molecular formula is C20H19ClN8OS. The molecule has 0 fully saturated rings. The summed E-state index contributed by atoms with van der Waals surface area (Å²) in [6.07, 6.45) is 1.85. The number of nitrogen functional groups attached to an aromatic ring is 1. The van der Waals surface area contributed by atoms with Crippen LogP contribution in [0.3, 0.4) is 0 Å². The summed E-state index contributed by atoms with van der Waals surface area (Å²) in [5.74, 6) is 1.01. The zero-order chi connectivity index (χ0) is 21.5. The second-order valence-electron chi connectivity index (χ2n) is 7.32. The van der Waals surface area contributed by atoms with Gasteiger partial charge in [-0.05, 0) is 66.6 Å². The van der Waals surface area contributed by atoms with Crippen molar-refractivity contribution in [1.29, 1.82) is 0 Å². The maximum atomic E-state index is 12.5. The Morgan fingerprint density at radius 2 is 2.16 bits per heavy atom. The number of aryl methyl sites for hydroxylation is 2. The molecule has 158 valence electrons. The van der Waals surface area contributed by atoms with Crippen LogP contribution >= 0.6 is 22.9 Å². The minimum atomic E-state index is 0.0717. The van der Waals surface area contributed by atoms with Crippen molar-refractivity contribution >= 4 is 56.5 Å². The molecule has 4 aromatic rings. The molecule has 1 aliphatic rings. The minimum Gasteiger partial charge on any atom is -0.368 e. The van der Waals surface area contributed by atoms with Crippen LogP contribution in [-0.4, -0.2) is 43.6 Å². The van der Waals surface area contributed by atoms with Crippen LogP contribution in [0.25, 0.3) is 16.0 Å². The third kappa shape index (κ3) is 3.73. The van der Waals surface area contributed by atoms with Crippen LogP contribution in [0.1, 0.15) is 27.9 Å². The molecule has 0 radical (unpaired) electrons. The van der Waals surface area contributed by atoms with E-state index >= 15 is 0 Å². The number of benzene rings is 1. The number of carbonyl (C=O) groups excluding carboxylic acids is 1. The first-order chi connectivity index (χ1) is 15.0. The topological polar surface area (TPSA) is 124 Å². The number of nitrogens with zero attached hydrogens (tertiary/aromatic N) is 5. The summed E-state index contributed by atoms with van der Waals surface area (Å²) >= 11 is 7.62. The van der Waals surface area contributed by atoms with E-state index in [1.807, 2.05) is 30.5 Å². The molecular weight excluding hydrogens is 436 g/mol. The zero-order valence-corrected chi connectivity index (χ0v) is 18.2. The molecule has 4 heterocycles. The first-order valence-electron chi connectivity index (χ1n) is 9.77. The van der Waals surface area contributed by atoms with Gasteiger partial charge in [-0.3, -0.25) is 4.79 Å². The van der Waals surface area contributed by atoms with Crippen molar-refractivity contribution in [3.8, 4) is 5.82 Å². The number of thiophene rings is 1. The molecule has 0 atom stereocenters. The molecule has 1 aromatic carbocycles. The van der Waals surface area contributed by atoms with Crippen LogP contribution in [0.2, 0.25) is 5.28 Å². The maximum Gasteiger partial charge on any atom is 0.248 e. The Labute approximate surface area is 186 Å². The molecule has 0 aliphatic carbocycles. The standard InChI is InChI=1S/C20H19ClN8OS/c1-10-9-31-16-15(10)25-18(21)26-17(16)29-19(22)27-20(28-29)24-12-5-4-11-3-2-6-23-8-14(30)13(11)7-12/h4-5,7,9,23H,2-3,6,8H2,1H3,(H3,22,24,27,28). The van der Waals surface area contributed by atoms with Crippen LogP contribution in [0.15, 0.2) is 23.6 Å². The number of hydrogen-bond acceptors (Lipinski definition) is 9. The highest BCUT2D eigenvalue weighted by Gasteiger charge is 2.19. The smallest absolute Gasteiger partial charge is 0.248 e. The van der Waals surface area contributed by atoms with Gasteiger partial charge in [-0.1, -0.05) is 6.07 Å². The Balaban J connectivity index is 1.50. The van der Waals surface area contributed by atoms with Crippen LogP contribution in [0.4, 0.5) is 17.6 Å². The summed E-state index contributed by atoms with van der Waals surface area (Å²) in [6.45, 7) is 3.14. The lowest BCUT2D eigenvalue weighted by molar-refractivity contribution is 0.0988. The van der Waals surface area contributed by atoms with Crippen molar-refractivity contribution in [1.82, 2.24) is 30.0 Å². The predicted molar refractivity (Wildman–Crippen MR) is 122 cm³/mol. The van der Waals surface area contributed by atoms with Crippen molar-refractivity contribution in [3.05, 3.63) is 45.6 Å². The van der Waals surface area contributed by atoms with Crippen molar-refractivity contribution in [3.63, 3.8) is 0 Å². The molecule has 9 nitrogen and oxygen atoms in total. The number of rotatable bonds is 3. The maximum absolute atomic E-state index is 12.5. The monoisotopic (exact) mass is 454 g/mol. The van der Waals surface area contributed by atoms with Crippen LogP contribution in [-0.2, 0) is 6.42 Å². The molecule has 0 unspecified atom stereocenters. The van der Waals surface area contributed by atoms with Crippen molar-refractivity contribution in [2.24, 2.45) is 0 Å². The van der Waals surface area contributed by atoms with Gasteiger partial charge in [0.1, 0.15) is 0 Å². The lowest BCUT2D eigenvalue weighted by atomic mass is 9.97. The predicted octanol–water partition coefficient (Wildman–Crippen LogP) is 3.28. The number of ketones is 1. The van der Waals surface area contributed by atoms with E-state index in [0.717, 1.165) is 40.7 Å². The van der Waals surface area contributed by atoms with Crippen LogP contribution in [0.5, 0.6) is 0 Å². The summed E-state index contributed by atoms with van der Waals surface area (Å²) in [5.41, 5.74) is 10.4. The minimum absolute atomic E-state index is 0.0717. The first kappa shape index (κ1) is 19.9. The first-order valence-corrected chi connectivity index (χ1v) is 11.0. The van der Waals surface area contributed by atoms with E-state index in [0.29, 0.717) is 29.6 Å². The summed E-state index contributed by atoms with van der Waals surface area (Å²) in [7, 11) is 0. The molecule has 0 amide bonds. The van der Waals surface area contributed by atoms with E-state index in [9.17, 15) is 4.79 Å². The number of fused-ring (bicyclic) bond motifs is 2. The van der Waals surface area contributed by atoms with E-state index in [1.165, 1.54) is 16.0 Å². The summed E-state index contributed by atoms with van der Waals surface area (Å²) in [5, 5.41) is 12.9. The quantitative estimate of drug-likeness (QED) is 0.403. The number of Topliss-reactive ketones (excluding diaryl/α,β-unsaturated/α-hetero) is 1. The number of halogens is 1. The highest BCUT2D eigenvalue weighted by atomic mass is 35.5. The van der Waals surface area contributed by atoms with Gasteiger partial charge in [-0.15, -0.1) is 16.4 Å². The van der Waals surface area contributed by atoms with E-state index in [1.54, 1.807) is 0 Å². The molecule has 0 saturated heterocycles. The molecule has 0 saturated carbocycles. The Morgan fingerprint density at radius 3 is 3.03 bits per heavy atom. The third-order valence-electron chi connectivity index (χ3n) is 5.13.